The van der Waals surface area contributed by atoms with Crippen LogP contribution in [0.3, 0.4) is 0 Å². The normalized spacial score (nSPS) is 18.1. The van der Waals surface area contributed by atoms with E-state index in [1.165, 1.54) is 33.7 Å². The molecule has 2 heterocycles. The topological polar surface area (TPSA) is 71.3 Å². The Morgan fingerprint density at radius 1 is 1.30 bits per heavy atom. The van der Waals surface area contributed by atoms with Crippen molar-refractivity contribution in [1.29, 1.82) is 0 Å². The Morgan fingerprint density at radius 2 is 2.00 bits per heavy atom. The van der Waals surface area contributed by atoms with E-state index >= 15 is 0 Å². The van der Waals surface area contributed by atoms with Crippen LogP contribution in [0.4, 0.5) is 10.2 Å². The highest BCUT2D eigenvalue weighted by atomic mass is 19.1. The van der Waals surface area contributed by atoms with Gasteiger partial charge >= 0.3 is 5.69 Å². The predicted octanol–water partition coefficient (Wildman–Crippen LogP) is 0.231. The average molecular weight is 319 g/mol. The maximum Gasteiger partial charge on any atom is 0.334 e. The molecule has 1 unspecified atom stereocenters. The summed E-state index contributed by atoms with van der Waals surface area (Å²) in [7, 11) is 0. The lowest BCUT2D eigenvalue weighted by Crippen LogP contribution is -3.16. The highest BCUT2D eigenvalue weighted by Crippen LogP contribution is 2.16. The minimum atomic E-state index is -0.528. The van der Waals surface area contributed by atoms with E-state index < -0.39 is 5.69 Å². The maximum absolute atomic E-state index is 13.1. The van der Waals surface area contributed by atoms with Crippen molar-refractivity contribution in [3.8, 4) is 5.69 Å². The van der Waals surface area contributed by atoms with Crippen LogP contribution in [0.5, 0.6) is 0 Å². The van der Waals surface area contributed by atoms with Gasteiger partial charge in [-0.2, -0.15) is 0 Å². The number of nitrogens with zero attached hydrogens (tertiary/aromatic N) is 1. The van der Waals surface area contributed by atoms with Crippen LogP contribution in [-0.2, 0) is 6.54 Å². The molecule has 1 aromatic heterocycles. The Morgan fingerprint density at radius 3 is 2.65 bits per heavy atom. The number of benzene rings is 1. The molecule has 6 nitrogen and oxygen atoms in total. The second-order valence-electron chi connectivity index (χ2n) is 5.90. The molecule has 0 saturated carbocycles. The van der Waals surface area contributed by atoms with Gasteiger partial charge < -0.3 is 10.2 Å². The van der Waals surface area contributed by atoms with Gasteiger partial charge in [0, 0.05) is 0 Å². The van der Waals surface area contributed by atoms with Crippen LogP contribution in [-0.4, -0.2) is 22.3 Å². The molecule has 1 aliphatic heterocycles. The third-order valence-electron chi connectivity index (χ3n) is 4.49. The zero-order valence-electron chi connectivity index (χ0n) is 13.1. The van der Waals surface area contributed by atoms with Crippen molar-refractivity contribution in [2.24, 2.45) is 0 Å². The highest BCUT2D eigenvalue weighted by Gasteiger charge is 2.28. The Balaban J connectivity index is 2.12. The molecule has 0 bridgehead atoms. The largest absolute Gasteiger partial charge is 0.334 e. The molecule has 0 spiro atoms. The minimum Gasteiger partial charge on any atom is -0.324 e. The molecule has 3 rings (SSSR count). The number of nitrogens with one attached hydrogen (secondary N) is 3. The van der Waals surface area contributed by atoms with Gasteiger partial charge in [0.1, 0.15) is 23.7 Å². The van der Waals surface area contributed by atoms with E-state index in [4.69, 9.17) is 0 Å². The molecule has 1 aliphatic rings. The molecule has 0 amide bonds. The van der Waals surface area contributed by atoms with Crippen LogP contribution in [0.1, 0.15) is 25.8 Å². The van der Waals surface area contributed by atoms with Gasteiger partial charge in [-0.15, -0.1) is 0 Å². The summed E-state index contributed by atoms with van der Waals surface area (Å²) in [5.74, 6) is 0.123. The molecule has 2 atom stereocenters. The summed E-state index contributed by atoms with van der Waals surface area (Å²) in [6.07, 6.45) is 1.00. The number of anilines is 1. The summed E-state index contributed by atoms with van der Waals surface area (Å²) in [5, 5.41) is 3.20. The van der Waals surface area contributed by atoms with E-state index in [2.05, 4.69) is 24.1 Å². The second kappa shape index (κ2) is 6.00. The molecule has 0 fully saturated rings. The number of aromatic amines is 1. The number of fused-ring (bicyclic) bond motifs is 1. The number of hydrogen-bond donors (Lipinski definition) is 3. The summed E-state index contributed by atoms with van der Waals surface area (Å²) >= 11 is 0. The van der Waals surface area contributed by atoms with Crippen LogP contribution in [0.2, 0.25) is 0 Å². The van der Waals surface area contributed by atoms with Crippen LogP contribution in [0, 0.1) is 5.82 Å². The first kappa shape index (κ1) is 15.5. The van der Waals surface area contributed by atoms with Gasteiger partial charge in [-0.1, -0.05) is 6.92 Å². The fourth-order valence-electron chi connectivity index (χ4n) is 2.88. The Hall–Kier alpha value is -2.41. The summed E-state index contributed by atoms with van der Waals surface area (Å²) < 4.78 is 14.5. The van der Waals surface area contributed by atoms with Crippen LogP contribution >= 0.6 is 0 Å². The standard InChI is InChI=1S/C16H19FN4O2/c1-3-10(2)20-8-13-14(18-9-20)21(16(23)19-15(13)22)12-6-4-11(17)5-7-12/h4-7,10,18H,3,8-9H2,1-2H3,(H,19,22,23)/p+1/t10-/m0/s1. The lowest BCUT2D eigenvalue weighted by Gasteiger charge is -2.31. The molecule has 0 saturated heterocycles. The maximum atomic E-state index is 13.1. The van der Waals surface area contributed by atoms with E-state index in [1.807, 2.05) is 0 Å². The van der Waals surface area contributed by atoms with E-state index in [1.54, 1.807) is 0 Å². The van der Waals surface area contributed by atoms with Crippen molar-refractivity contribution in [2.45, 2.75) is 32.9 Å². The number of hydrogen-bond acceptors (Lipinski definition) is 3. The molecular weight excluding hydrogens is 299 g/mol. The third kappa shape index (κ3) is 2.79. The SMILES string of the molecule is CC[C@H](C)[NH+]1CNc2c(c(=O)[nH]c(=O)n2-c2ccc(F)cc2)C1. The lowest BCUT2D eigenvalue weighted by molar-refractivity contribution is -0.935. The number of rotatable bonds is 3. The molecule has 122 valence electrons. The molecule has 0 radical (unpaired) electrons. The Labute approximate surface area is 132 Å². The monoisotopic (exact) mass is 319 g/mol. The van der Waals surface area contributed by atoms with E-state index in [0.717, 1.165) is 6.42 Å². The van der Waals surface area contributed by atoms with Crippen LogP contribution in [0.25, 0.3) is 5.69 Å². The lowest BCUT2D eigenvalue weighted by atomic mass is 10.1. The van der Waals surface area contributed by atoms with Gasteiger partial charge in [-0.3, -0.25) is 9.78 Å². The van der Waals surface area contributed by atoms with Gasteiger partial charge in [-0.05, 0) is 37.6 Å². The van der Waals surface area contributed by atoms with E-state index in [-0.39, 0.29) is 11.4 Å². The predicted molar refractivity (Wildman–Crippen MR) is 85.5 cm³/mol. The van der Waals surface area contributed by atoms with E-state index in [0.29, 0.717) is 36.3 Å². The second-order valence-corrected chi connectivity index (χ2v) is 5.90. The molecule has 3 N–H and O–H groups in total. The minimum absolute atomic E-state index is 0.364. The number of aromatic nitrogens is 2. The molecular formula is C16H20FN4O2+. The van der Waals surface area contributed by atoms with Gasteiger partial charge in [-0.25, -0.2) is 13.8 Å². The zero-order chi connectivity index (χ0) is 16.6. The van der Waals surface area contributed by atoms with Crippen molar-refractivity contribution in [2.75, 3.05) is 12.0 Å². The molecule has 23 heavy (non-hydrogen) atoms. The summed E-state index contributed by atoms with van der Waals surface area (Å²) in [6, 6.07) is 6.02. The Bertz CT molecular complexity index is 825. The van der Waals surface area contributed by atoms with Crippen molar-refractivity contribution < 1.29 is 9.29 Å². The first-order valence-corrected chi connectivity index (χ1v) is 7.74. The zero-order valence-corrected chi connectivity index (χ0v) is 13.1. The molecule has 2 aromatic rings. The number of H-pyrrole nitrogens is 1. The number of halogens is 1. The van der Waals surface area contributed by atoms with Gasteiger partial charge in [0.25, 0.3) is 5.56 Å². The van der Waals surface area contributed by atoms with Crippen LogP contribution < -0.4 is 21.5 Å². The molecule has 0 aliphatic carbocycles. The van der Waals surface area contributed by atoms with Crippen molar-refractivity contribution >= 4 is 5.82 Å². The third-order valence-corrected chi connectivity index (χ3v) is 4.49. The van der Waals surface area contributed by atoms with E-state index in [9.17, 15) is 14.0 Å². The molecule has 7 heteroatoms. The Kier molecular flexibility index (Phi) is 4.04. The van der Waals surface area contributed by atoms with Crippen LogP contribution in [0.15, 0.2) is 33.9 Å². The van der Waals surface area contributed by atoms with Crippen molar-refractivity contribution in [3.05, 3.63) is 56.5 Å². The summed E-state index contributed by atoms with van der Waals surface area (Å²) in [6.45, 7) is 5.42. The smallest absolute Gasteiger partial charge is 0.324 e. The first-order chi connectivity index (χ1) is 11.0. The van der Waals surface area contributed by atoms with Crippen molar-refractivity contribution in [1.82, 2.24) is 9.55 Å². The van der Waals surface area contributed by atoms with Crippen molar-refractivity contribution in [3.63, 3.8) is 0 Å². The quantitative estimate of drug-likeness (QED) is 0.758. The molecule has 1 aromatic carbocycles. The fraction of sp³-hybridized carbons (Fsp3) is 0.375. The summed E-state index contributed by atoms with van der Waals surface area (Å²) in [5.41, 5.74) is 0.176. The van der Waals surface area contributed by atoms with Gasteiger partial charge in [0.15, 0.2) is 6.67 Å². The fourth-order valence-corrected chi connectivity index (χ4v) is 2.88. The van der Waals surface area contributed by atoms with Gasteiger partial charge in [0.05, 0.1) is 11.7 Å². The summed E-state index contributed by atoms with van der Waals surface area (Å²) in [4.78, 5) is 28.0. The first-order valence-electron chi connectivity index (χ1n) is 7.74. The van der Waals surface area contributed by atoms with Gasteiger partial charge in [0.2, 0.25) is 0 Å². The highest BCUT2D eigenvalue weighted by molar-refractivity contribution is 5.50. The number of quaternary nitrogens is 1. The average Bonchev–Trinajstić information content (AvgIpc) is 2.55.